The number of amides is 2. The third-order valence-corrected chi connectivity index (χ3v) is 6.11. The SMILES string of the molecule is CC(C)[C@H](NC(=O)Cc1ccccc1)C(=O)NCc1ccccc1-c1ccc(Cn2cccn2)cc1. The van der Waals surface area contributed by atoms with Crippen LogP contribution in [-0.4, -0.2) is 27.6 Å². The van der Waals surface area contributed by atoms with Crippen molar-refractivity contribution in [3.05, 3.63) is 114 Å². The van der Waals surface area contributed by atoms with Crippen LogP contribution in [0.25, 0.3) is 11.1 Å². The molecule has 0 aliphatic heterocycles. The lowest BCUT2D eigenvalue weighted by Crippen LogP contribution is -2.49. The summed E-state index contributed by atoms with van der Waals surface area (Å²) in [7, 11) is 0. The highest BCUT2D eigenvalue weighted by molar-refractivity contribution is 5.88. The fraction of sp³-hybridized carbons (Fsp3) is 0.233. The van der Waals surface area contributed by atoms with Gasteiger partial charge in [0, 0.05) is 18.9 Å². The first kappa shape index (κ1) is 24.9. The summed E-state index contributed by atoms with van der Waals surface area (Å²) < 4.78 is 1.89. The number of nitrogens with one attached hydrogen (secondary N) is 2. The van der Waals surface area contributed by atoms with Crippen LogP contribution in [0.2, 0.25) is 0 Å². The summed E-state index contributed by atoms with van der Waals surface area (Å²) in [4.78, 5) is 25.6. The smallest absolute Gasteiger partial charge is 0.243 e. The molecule has 6 nitrogen and oxygen atoms in total. The molecule has 0 bridgehead atoms. The van der Waals surface area contributed by atoms with Crippen molar-refractivity contribution >= 4 is 11.8 Å². The second kappa shape index (κ2) is 12.0. The van der Waals surface area contributed by atoms with Gasteiger partial charge >= 0.3 is 0 Å². The van der Waals surface area contributed by atoms with E-state index in [2.05, 4.69) is 46.1 Å². The van der Waals surface area contributed by atoms with E-state index in [1.165, 1.54) is 5.56 Å². The van der Waals surface area contributed by atoms with Crippen molar-refractivity contribution in [3.63, 3.8) is 0 Å². The molecule has 0 saturated heterocycles. The van der Waals surface area contributed by atoms with Crippen molar-refractivity contribution in [2.75, 3.05) is 0 Å². The Morgan fingerprint density at radius 3 is 2.28 bits per heavy atom. The molecule has 0 aliphatic carbocycles. The number of hydrogen-bond donors (Lipinski definition) is 2. The maximum absolute atomic E-state index is 13.1. The zero-order valence-electron chi connectivity index (χ0n) is 20.7. The summed E-state index contributed by atoms with van der Waals surface area (Å²) in [6.07, 6.45) is 3.97. The van der Waals surface area contributed by atoms with Gasteiger partial charge in [0.1, 0.15) is 6.04 Å². The Balaban J connectivity index is 1.39. The molecule has 6 heteroatoms. The first-order valence-electron chi connectivity index (χ1n) is 12.3. The standard InChI is InChI=1S/C30H32N4O2/c1-22(2)29(33-28(35)19-23-9-4-3-5-10-23)30(36)31-20-26-11-6-7-12-27(26)25-15-13-24(14-16-25)21-34-18-8-17-32-34/h3-18,22,29H,19-21H2,1-2H3,(H,31,36)(H,33,35)/t29-/m0/s1. The van der Waals surface area contributed by atoms with Gasteiger partial charge in [-0.3, -0.25) is 14.3 Å². The predicted molar refractivity (Wildman–Crippen MR) is 142 cm³/mol. The van der Waals surface area contributed by atoms with Gasteiger partial charge in [-0.05, 0) is 39.8 Å². The molecule has 0 fully saturated rings. The van der Waals surface area contributed by atoms with Gasteiger partial charge in [-0.1, -0.05) is 92.7 Å². The number of nitrogens with zero attached hydrogens (tertiary/aromatic N) is 2. The maximum Gasteiger partial charge on any atom is 0.243 e. The Kier molecular flexibility index (Phi) is 8.29. The minimum absolute atomic E-state index is 0.0395. The number of aromatic nitrogens is 2. The summed E-state index contributed by atoms with van der Waals surface area (Å²) >= 11 is 0. The van der Waals surface area contributed by atoms with E-state index in [9.17, 15) is 9.59 Å². The van der Waals surface area contributed by atoms with E-state index in [0.29, 0.717) is 6.54 Å². The topological polar surface area (TPSA) is 76.0 Å². The van der Waals surface area contributed by atoms with E-state index in [-0.39, 0.29) is 24.2 Å². The molecule has 4 rings (SSSR count). The summed E-state index contributed by atoms with van der Waals surface area (Å²) in [6, 6.07) is 27.3. The average molecular weight is 481 g/mol. The predicted octanol–water partition coefficient (Wildman–Crippen LogP) is 4.60. The Hall–Kier alpha value is -4.19. The van der Waals surface area contributed by atoms with Crippen molar-refractivity contribution in [2.45, 2.75) is 39.4 Å². The van der Waals surface area contributed by atoms with Gasteiger partial charge in [-0.25, -0.2) is 0 Å². The van der Waals surface area contributed by atoms with Crippen LogP contribution in [-0.2, 0) is 29.1 Å². The van der Waals surface area contributed by atoms with Crippen LogP contribution in [0.5, 0.6) is 0 Å². The highest BCUT2D eigenvalue weighted by Gasteiger charge is 2.24. The third kappa shape index (κ3) is 6.69. The molecule has 184 valence electrons. The van der Waals surface area contributed by atoms with Crippen LogP contribution in [0.1, 0.15) is 30.5 Å². The van der Waals surface area contributed by atoms with E-state index >= 15 is 0 Å². The summed E-state index contributed by atoms with van der Waals surface area (Å²) in [5.74, 6) is -0.385. The van der Waals surface area contributed by atoms with Crippen molar-refractivity contribution in [1.82, 2.24) is 20.4 Å². The molecule has 0 spiro atoms. The molecular weight excluding hydrogens is 448 g/mol. The Bertz CT molecular complexity index is 1270. The first-order chi connectivity index (χ1) is 17.5. The first-order valence-corrected chi connectivity index (χ1v) is 12.3. The zero-order valence-corrected chi connectivity index (χ0v) is 20.7. The summed E-state index contributed by atoms with van der Waals surface area (Å²) in [5, 5.41) is 10.2. The Morgan fingerprint density at radius 1 is 0.861 bits per heavy atom. The van der Waals surface area contributed by atoms with Crippen molar-refractivity contribution in [3.8, 4) is 11.1 Å². The molecule has 3 aromatic carbocycles. The summed E-state index contributed by atoms with van der Waals surface area (Å²) in [5.41, 5.74) is 5.25. The highest BCUT2D eigenvalue weighted by Crippen LogP contribution is 2.24. The van der Waals surface area contributed by atoms with Crippen LogP contribution in [0.15, 0.2) is 97.3 Å². The van der Waals surface area contributed by atoms with Crippen LogP contribution in [0.3, 0.4) is 0 Å². The van der Waals surface area contributed by atoms with Crippen LogP contribution in [0.4, 0.5) is 0 Å². The lowest BCUT2D eigenvalue weighted by atomic mass is 9.98. The fourth-order valence-corrected chi connectivity index (χ4v) is 4.16. The molecule has 1 heterocycles. The number of benzene rings is 3. The van der Waals surface area contributed by atoms with E-state index in [4.69, 9.17) is 0 Å². The number of carbonyl (C=O) groups is 2. The Labute approximate surface area is 212 Å². The van der Waals surface area contributed by atoms with Gasteiger partial charge in [0.2, 0.25) is 11.8 Å². The van der Waals surface area contributed by atoms with E-state index in [1.807, 2.05) is 79.3 Å². The number of hydrogen-bond acceptors (Lipinski definition) is 3. The van der Waals surface area contributed by atoms with Gasteiger partial charge in [0.05, 0.1) is 13.0 Å². The molecule has 1 atom stereocenters. The molecule has 2 N–H and O–H groups in total. The van der Waals surface area contributed by atoms with E-state index < -0.39 is 6.04 Å². The average Bonchev–Trinajstić information content (AvgIpc) is 3.40. The quantitative estimate of drug-likeness (QED) is 0.348. The lowest BCUT2D eigenvalue weighted by Gasteiger charge is -2.22. The molecule has 2 amide bonds. The van der Waals surface area contributed by atoms with Gasteiger partial charge in [0.25, 0.3) is 0 Å². The zero-order chi connectivity index (χ0) is 25.3. The molecule has 0 aliphatic rings. The van der Waals surface area contributed by atoms with Gasteiger partial charge in [-0.15, -0.1) is 0 Å². The molecule has 0 unspecified atom stereocenters. The van der Waals surface area contributed by atoms with Gasteiger partial charge in [0.15, 0.2) is 0 Å². The van der Waals surface area contributed by atoms with E-state index in [0.717, 1.165) is 28.8 Å². The molecular formula is C30H32N4O2. The van der Waals surface area contributed by atoms with Crippen molar-refractivity contribution in [2.24, 2.45) is 5.92 Å². The van der Waals surface area contributed by atoms with Gasteiger partial charge in [-0.2, -0.15) is 5.10 Å². The highest BCUT2D eigenvalue weighted by atomic mass is 16.2. The molecule has 0 radical (unpaired) electrons. The number of carbonyl (C=O) groups excluding carboxylic acids is 2. The van der Waals surface area contributed by atoms with Crippen LogP contribution in [0, 0.1) is 5.92 Å². The minimum Gasteiger partial charge on any atom is -0.350 e. The van der Waals surface area contributed by atoms with Crippen LogP contribution >= 0.6 is 0 Å². The van der Waals surface area contributed by atoms with Crippen molar-refractivity contribution in [1.29, 1.82) is 0 Å². The second-order valence-corrected chi connectivity index (χ2v) is 9.23. The molecule has 0 saturated carbocycles. The maximum atomic E-state index is 13.1. The Morgan fingerprint density at radius 2 is 1.58 bits per heavy atom. The van der Waals surface area contributed by atoms with Crippen molar-refractivity contribution < 1.29 is 9.59 Å². The third-order valence-electron chi connectivity index (χ3n) is 6.11. The monoisotopic (exact) mass is 480 g/mol. The van der Waals surface area contributed by atoms with Crippen LogP contribution < -0.4 is 10.6 Å². The lowest BCUT2D eigenvalue weighted by molar-refractivity contribution is -0.129. The number of rotatable bonds is 10. The molecule has 4 aromatic rings. The molecule has 1 aromatic heterocycles. The fourth-order valence-electron chi connectivity index (χ4n) is 4.16. The summed E-state index contributed by atoms with van der Waals surface area (Å²) in [6.45, 7) is 4.97. The van der Waals surface area contributed by atoms with Gasteiger partial charge < -0.3 is 10.6 Å². The largest absolute Gasteiger partial charge is 0.350 e. The minimum atomic E-state index is -0.602. The van der Waals surface area contributed by atoms with E-state index in [1.54, 1.807) is 6.20 Å². The second-order valence-electron chi connectivity index (χ2n) is 9.23. The molecule has 36 heavy (non-hydrogen) atoms. The normalized spacial score (nSPS) is 11.8.